The van der Waals surface area contributed by atoms with Crippen LogP contribution < -0.4 is 4.74 Å². The molecule has 9 heteroatoms. The van der Waals surface area contributed by atoms with Gasteiger partial charge in [-0.25, -0.2) is 4.39 Å². The summed E-state index contributed by atoms with van der Waals surface area (Å²) in [5.74, 6) is -2.61. The Morgan fingerprint density at radius 3 is 2.78 bits per heavy atom. The number of nitro groups is 1. The van der Waals surface area contributed by atoms with Crippen LogP contribution in [0, 0.1) is 21.7 Å². The van der Waals surface area contributed by atoms with E-state index >= 15 is 0 Å². The molecule has 18 heavy (non-hydrogen) atoms. The number of nitro benzene ring substituents is 1. The van der Waals surface area contributed by atoms with Gasteiger partial charge in [-0.15, -0.1) is 0 Å². The highest BCUT2D eigenvalue weighted by molar-refractivity contribution is 5.39. The van der Waals surface area contributed by atoms with Crippen LogP contribution in [0.25, 0.3) is 10.4 Å². The lowest BCUT2D eigenvalue weighted by Gasteiger charge is -2.06. The smallest absolute Gasteiger partial charge is 0.307 e. The van der Waals surface area contributed by atoms with E-state index < -0.39 is 28.0 Å². The Morgan fingerprint density at radius 2 is 2.17 bits per heavy atom. The zero-order valence-electron chi connectivity index (χ0n) is 9.05. The first kappa shape index (κ1) is 13.7. The fourth-order valence-corrected chi connectivity index (χ4v) is 1.13. The number of ether oxygens (including phenoxy) is 1. The molecule has 1 aromatic carbocycles. The summed E-state index contributed by atoms with van der Waals surface area (Å²) in [6.07, 6.45) is 0.322. The molecule has 0 aliphatic heterocycles. The molecule has 0 aromatic heterocycles. The quantitative estimate of drug-likeness (QED) is 0.196. The summed E-state index contributed by atoms with van der Waals surface area (Å²) in [4.78, 5) is 11.8. The van der Waals surface area contributed by atoms with E-state index in [1.807, 2.05) is 0 Å². The molecule has 0 radical (unpaired) electrons. The summed E-state index contributed by atoms with van der Waals surface area (Å²) < 4.78 is 31.3. The van der Waals surface area contributed by atoms with Crippen LogP contribution >= 0.6 is 0 Å². The largest absolute Gasteiger partial charge is 0.490 e. The van der Waals surface area contributed by atoms with Gasteiger partial charge in [0.2, 0.25) is 5.82 Å². The molecule has 0 aliphatic rings. The average molecular weight is 258 g/mol. The molecule has 0 aliphatic carbocycles. The molecule has 0 bridgehead atoms. The summed E-state index contributed by atoms with van der Waals surface area (Å²) in [7, 11) is 0. The number of hydrogen-bond acceptors (Lipinski definition) is 4. The fraction of sp³-hybridized carbons (Fsp3) is 0.333. The number of azide groups is 1. The van der Waals surface area contributed by atoms with Gasteiger partial charge < -0.3 is 4.74 Å². The fourth-order valence-electron chi connectivity index (χ4n) is 1.13. The van der Waals surface area contributed by atoms with Gasteiger partial charge >= 0.3 is 5.69 Å². The molecule has 1 aromatic rings. The highest BCUT2D eigenvalue weighted by Gasteiger charge is 2.19. The molecule has 0 amide bonds. The average Bonchev–Trinajstić information content (AvgIpc) is 2.32. The van der Waals surface area contributed by atoms with Crippen molar-refractivity contribution in [3.63, 3.8) is 0 Å². The highest BCUT2D eigenvalue weighted by atomic mass is 19.1. The molecule has 96 valence electrons. The van der Waals surface area contributed by atoms with Crippen molar-refractivity contribution in [2.75, 3.05) is 13.2 Å². The minimum absolute atomic E-state index is 0.00713. The van der Waals surface area contributed by atoms with Crippen LogP contribution in [0.5, 0.6) is 5.75 Å². The first-order valence-corrected chi connectivity index (χ1v) is 4.83. The monoisotopic (exact) mass is 258 g/mol. The van der Waals surface area contributed by atoms with Crippen LogP contribution in [0.3, 0.4) is 0 Å². The second-order valence-electron chi connectivity index (χ2n) is 3.15. The third-order valence-corrected chi connectivity index (χ3v) is 1.92. The second kappa shape index (κ2) is 6.36. The summed E-state index contributed by atoms with van der Waals surface area (Å²) in [5.41, 5.74) is 7.04. The van der Waals surface area contributed by atoms with Gasteiger partial charge in [-0.2, -0.15) is 4.39 Å². The van der Waals surface area contributed by atoms with E-state index in [-0.39, 0.29) is 13.2 Å². The Balaban J connectivity index is 2.70. The first-order valence-electron chi connectivity index (χ1n) is 4.83. The molecular formula is C9H8F2N4O3. The van der Waals surface area contributed by atoms with Crippen molar-refractivity contribution in [2.45, 2.75) is 6.42 Å². The molecule has 0 fully saturated rings. The molecular weight excluding hydrogens is 250 g/mol. The maximum absolute atomic E-state index is 13.3. The molecule has 0 N–H and O–H groups in total. The molecule has 0 heterocycles. The molecule has 0 saturated heterocycles. The Labute approximate surface area is 99.8 Å². The van der Waals surface area contributed by atoms with Crippen molar-refractivity contribution < 1.29 is 18.4 Å². The van der Waals surface area contributed by atoms with Crippen molar-refractivity contribution in [2.24, 2.45) is 5.11 Å². The first-order chi connectivity index (χ1) is 8.56. The zero-order valence-corrected chi connectivity index (χ0v) is 9.05. The van der Waals surface area contributed by atoms with Gasteiger partial charge in [0.15, 0.2) is 11.6 Å². The zero-order chi connectivity index (χ0) is 13.5. The SMILES string of the molecule is [N-]=[N+]=NCCCOc1cc(F)c([N+](=O)[O-])cc1F. The maximum Gasteiger partial charge on any atom is 0.307 e. The van der Waals surface area contributed by atoms with E-state index in [4.69, 9.17) is 10.3 Å². The molecule has 0 unspecified atom stereocenters. The van der Waals surface area contributed by atoms with Gasteiger partial charge in [0.05, 0.1) is 17.6 Å². The Bertz CT molecular complexity index is 503. The van der Waals surface area contributed by atoms with Crippen molar-refractivity contribution in [1.82, 2.24) is 0 Å². The number of hydrogen-bond donors (Lipinski definition) is 0. The van der Waals surface area contributed by atoms with Gasteiger partial charge in [-0.1, -0.05) is 5.11 Å². The van der Waals surface area contributed by atoms with E-state index in [9.17, 15) is 18.9 Å². The standard InChI is InChI=1S/C9H8F2N4O3/c10-6-5-9(18-3-1-2-13-14-12)7(11)4-8(6)15(16)17/h4-5H,1-3H2. The summed E-state index contributed by atoms with van der Waals surface area (Å²) in [6, 6.07) is 1.07. The van der Waals surface area contributed by atoms with E-state index in [2.05, 4.69) is 10.0 Å². The Kier molecular flexibility index (Phi) is 4.82. The molecule has 7 nitrogen and oxygen atoms in total. The third kappa shape index (κ3) is 3.56. The lowest BCUT2D eigenvalue weighted by molar-refractivity contribution is -0.387. The van der Waals surface area contributed by atoms with Gasteiger partial charge in [-0.3, -0.25) is 10.1 Å². The van der Waals surface area contributed by atoms with Crippen LogP contribution in [-0.4, -0.2) is 18.1 Å². The van der Waals surface area contributed by atoms with Gasteiger partial charge in [-0.05, 0) is 12.0 Å². The van der Waals surface area contributed by atoms with Crippen molar-refractivity contribution >= 4 is 5.69 Å². The lowest BCUT2D eigenvalue weighted by Crippen LogP contribution is -2.02. The van der Waals surface area contributed by atoms with E-state index in [1.54, 1.807) is 0 Å². The van der Waals surface area contributed by atoms with E-state index in [0.717, 1.165) is 0 Å². The number of rotatable bonds is 6. The summed E-state index contributed by atoms with van der Waals surface area (Å²) >= 11 is 0. The van der Waals surface area contributed by atoms with Crippen LogP contribution in [0.2, 0.25) is 0 Å². The number of nitrogens with zero attached hydrogens (tertiary/aromatic N) is 4. The predicted molar refractivity (Wildman–Crippen MR) is 57.1 cm³/mol. The maximum atomic E-state index is 13.3. The Morgan fingerprint density at radius 1 is 1.44 bits per heavy atom. The third-order valence-electron chi connectivity index (χ3n) is 1.92. The van der Waals surface area contributed by atoms with Crippen molar-refractivity contribution in [3.8, 4) is 5.75 Å². The minimum atomic E-state index is -1.17. The van der Waals surface area contributed by atoms with Gasteiger partial charge in [0, 0.05) is 17.5 Å². The summed E-state index contributed by atoms with van der Waals surface area (Å²) in [5, 5.41) is 13.6. The van der Waals surface area contributed by atoms with Crippen LogP contribution in [0.15, 0.2) is 17.2 Å². The van der Waals surface area contributed by atoms with E-state index in [1.165, 1.54) is 0 Å². The molecule has 0 atom stereocenters. The van der Waals surface area contributed by atoms with Crippen LogP contribution in [0.1, 0.15) is 6.42 Å². The molecule has 0 saturated carbocycles. The normalized spacial score (nSPS) is 9.67. The summed E-state index contributed by atoms with van der Waals surface area (Å²) in [6.45, 7) is 0.167. The number of benzene rings is 1. The Hall–Kier alpha value is -2.41. The second-order valence-corrected chi connectivity index (χ2v) is 3.15. The van der Waals surface area contributed by atoms with Crippen molar-refractivity contribution in [1.29, 1.82) is 0 Å². The predicted octanol–water partition coefficient (Wildman–Crippen LogP) is 2.95. The van der Waals surface area contributed by atoms with Crippen LogP contribution in [0.4, 0.5) is 14.5 Å². The van der Waals surface area contributed by atoms with Crippen molar-refractivity contribution in [3.05, 3.63) is 44.3 Å². The molecule has 0 spiro atoms. The van der Waals surface area contributed by atoms with Gasteiger partial charge in [0.1, 0.15) is 0 Å². The topological polar surface area (TPSA) is 101 Å². The van der Waals surface area contributed by atoms with Gasteiger partial charge in [0.25, 0.3) is 0 Å². The number of halogens is 2. The minimum Gasteiger partial charge on any atom is -0.490 e. The van der Waals surface area contributed by atoms with E-state index in [0.29, 0.717) is 18.6 Å². The highest BCUT2D eigenvalue weighted by Crippen LogP contribution is 2.26. The van der Waals surface area contributed by atoms with Crippen LogP contribution in [-0.2, 0) is 0 Å². The lowest BCUT2D eigenvalue weighted by atomic mass is 10.3. The molecule has 1 rings (SSSR count).